The van der Waals surface area contributed by atoms with Gasteiger partial charge in [0.15, 0.2) is 0 Å². The minimum Gasteiger partial charge on any atom is -0.497 e. The minimum absolute atomic E-state index is 0.372. The van der Waals surface area contributed by atoms with Gasteiger partial charge in [-0.1, -0.05) is 6.92 Å². The van der Waals surface area contributed by atoms with Crippen LogP contribution in [0.5, 0.6) is 5.75 Å². The van der Waals surface area contributed by atoms with Crippen LogP contribution in [0.3, 0.4) is 0 Å². The molecule has 1 aromatic heterocycles. The third-order valence-corrected chi connectivity index (χ3v) is 4.39. The quantitative estimate of drug-likeness (QED) is 0.937. The molecule has 0 saturated carbocycles. The summed E-state index contributed by atoms with van der Waals surface area (Å²) < 4.78 is 5.28. The highest BCUT2D eigenvalue weighted by Gasteiger charge is 2.24. The number of likely N-dealkylation sites (N-methyl/N-ethyl adjacent to an activating group) is 1. The smallest absolute Gasteiger partial charge is 0.124 e. The molecule has 5 heteroatoms. The molecule has 1 aromatic carbocycles. The molecule has 114 valence electrons. The van der Waals surface area contributed by atoms with Crippen LogP contribution in [-0.2, 0) is 0 Å². The Morgan fingerprint density at radius 1 is 1.29 bits per heavy atom. The van der Waals surface area contributed by atoms with Gasteiger partial charge < -0.3 is 14.6 Å². The van der Waals surface area contributed by atoms with E-state index in [-0.39, 0.29) is 0 Å². The summed E-state index contributed by atoms with van der Waals surface area (Å²) in [5.74, 6) is 1.94. The standard InChI is InChI=1S/C16H24N4O/c1-4-15(20-9-7-19(2)8-10-20)16-17-13-6-5-12(21-3)11-14(13)18-16/h5-6,11,15H,4,7-10H2,1-3H3,(H,17,18). The molecule has 21 heavy (non-hydrogen) atoms. The summed E-state index contributed by atoms with van der Waals surface area (Å²) in [6, 6.07) is 6.37. The number of rotatable bonds is 4. The van der Waals surface area contributed by atoms with Gasteiger partial charge in [0.2, 0.25) is 0 Å². The van der Waals surface area contributed by atoms with E-state index in [1.807, 2.05) is 18.2 Å². The van der Waals surface area contributed by atoms with Crippen LogP contribution in [0.1, 0.15) is 25.2 Å². The summed E-state index contributed by atoms with van der Waals surface area (Å²) in [7, 11) is 3.88. The zero-order valence-electron chi connectivity index (χ0n) is 13.1. The fraction of sp³-hybridized carbons (Fsp3) is 0.562. The average molecular weight is 288 g/mol. The number of piperazine rings is 1. The molecule has 1 atom stereocenters. The van der Waals surface area contributed by atoms with E-state index in [0.717, 1.165) is 55.2 Å². The second-order valence-corrected chi connectivity index (χ2v) is 5.77. The number of benzene rings is 1. The van der Waals surface area contributed by atoms with E-state index in [4.69, 9.17) is 9.72 Å². The third-order valence-electron chi connectivity index (χ3n) is 4.39. The number of fused-ring (bicyclic) bond motifs is 1. The summed E-state index contributed by atoms with van der Waals surface area (Å²) in [5.41, 5.74) is 2.07. The molecule has 2 heterocycles. The van der Waals surface area contributed by atoms with Crippen molar-refractivity contribution in [2.75, 3.05) is 40.3 Å². The Morgan fingerprint density at radius 3 is 2.71 bits per heavy atom. The second-order valence-electron chi connectivity index (χ2n) is 5.77. The lowest BCUT2D eigenvalue weighted by Crippen LogP contribution is -2.46. The lowest BCUT2D eigenvalue weighted by Gasteiger charge is -2.36. The first-order valence-corrected chi connectivity index (χ1v) is 7.67. The molecular formula is C16H24N4O. The van der Waals surface area contributed by atoms with Crippen LogP contribution in [-0.4, -0.2) is 60.1 Å². The van der Waals surface area contributed by atoms with Crippen LogP contribution in [0, 0.1) is 0 Å². The van der Waals surface area contributed by atoms with Gasteiger partial charge in [-0.05, 0) is 25.6 Å². The number of nitrogens with one attached hydrogen (secondary N) is 1. The number of aromatic amines is 1. The Hall–Kier alpha value is -1.59. The van der Waals surface area contributed by atoms with Crippen molar-refractivity contribution in [1.82, 2.24) is 19.8 Å². The molecule has 2 aromatic rings. The van der Waals surface area contributed by atoms with Gasteiger partial charge in [-0.2, -0.15) is 0 Å². The molecule has 0 spiro atoms. The van der Waals surface area contributed by atoms with Crippen molar-refractivity contribution in [3.63, 3.8) is 0 Å². The van der Waals surface area contributed by atoms with Crippen molar-refractivity contribution < 1.29 is 4.74 Å². The van der Waals surface area contributed by atoms with Gasteiger partial charge >= 0.3 is 0 Å². The number of hydrogen-bond acceptors (Lipinski definition) is 4. The first kappa shape index (κ1) is 14.4. The molecule has 0 bridgehead atoms. The van der Waals surface area contributed by atoms with Gasteiger partial charge in [0.05, 0.1) is 24.2 Å². The van der Waals surface area contributed by atoms with Crippen LogP contribution < -0.4 is 4.74 Å². The molecule has 1 fully saturated rings. The zero-order chi connectivity index (χ0) is 14.8. The van der Waals surface area contributed by atoms with Gasteiger partial charge in [-0.25, -0.2) is 4.98 Å². The predicted octanol–water partition coefficient (Wildman–Crippen LogP) is 2.27. The monoisotopic (exact) mass is 288 g/mol. The molecular weight excluding hydrogens is 264 g/mol. The summed E-state index contributed by atoms with van der Waals surface area (Å²) in [6.45, 7) is 6.70. The zero-order valence-corrected chi connectivity index (χ0v) is 13.1. The SMILES string of the molecule is CCC(c1nc2ccc(OC)cc2[nH]1)N1CCN(C)CC1. The average Bonchev–Trinajstić information content (AvgIpc) is 2.92. The fourth-order valence-corrected chi connectivity index (χ4v) is 3.05. The second kappa shape index (κ2) is 6.03. The van der Waals surface area contributed by atoms with Gasteiger partial charge in [-0.15, -0.1) is 0 Å². The fourth-order valence-electron chi connectivity index (χ4n) is 3.05. The van der Waals surface area contributed by atoms with Crippen molar-refractivity contribution in [2.45, 2.75) is 19.4 Å². The van der Waals surface area contributed by atoms with E-state index in [9.17, 15) is 0 Å². The molecule has 1 unspecified atom stereocenters. The first-order chi connectivity index (χ1) is 10.2. The highest BCUT2D eigenvalue weighted by Crippen LogP contribution is 2.26. The van der Waals surface area contributed by atoms with Crippen LogP contribution in [0.25, 0.3) is 11.0 Å². The number of hydrogen-bond donors (Lipinski definition) is 1. The molecule has 0 aliphatic carbocycles. The highest BCUT2D eigenvalue weighted by atomic mass is 16.5. The molecule has 3 rings (SSSR count). The Kier molecular flexibility index (Phi) is 4.12. The van der Waals surface area contributed by atoms with E-state index in [1.54, 1.807) is 7.11 Å². The Balaban J connectivity index is 1.86. The van der Waals surface area contributed by atoms with E-state index in [2.05, 4.69) is 28.8 Å². The van der Waals surface area contributed by atoms with E-state index in [0.29, 0.717) is 6.04 Å². The van der Waals surface area contributed by atoms with Crippen molar-refractivity contribution in [1.29, 1.82) is 0 Å². The molecule has 0 amide bonds. The van der Waals surface area contributed by atoms with Crippen molar-refractivity contribution in [2.24, 2.45) is 0 Å². The number of imidazole rings is 1. The highest BCUT2D eigenvalue weighted by molar-refractivity contribution is 5.76. The molecule has 1 N–H and O–H groups in total. The van der Waals surface area contributed by atoms with Gasteiger partial charge in [0, 0.05) is 32.2 Å². The lowest BCUT2D eigenvalue weighted by molar-refractivity contribution is 0.105. The van der Waals surface area contributed by atoms with Crippen molar-refractivity contribution in [3.8, 4) is 5.75 Å². The maximum Gasteiger partial charge on any atom is 0.124 e. The van der Waals surface area contributed by atoms with E-state index in [1.165, 1.54) is 0 Å². The number of methoxy groups -OCH3 is 1. The summed E-state index contributed by atoms with van der Waals surface area (Å²) in [4.78, 5) is 13.2. The summed E-state index contributed by atoms with van der Waals surface area (Å²) in [6.07, 6.45) is 1.07. The van der Waals surface area contributed by atoms with Crippen LogP contribution in [0.15, 0.2) is 18.2 Å². The Bertz CT molecular complexity index is 601. The first-order valence-electron chi connectivity index (χ1n) is 7.67. The summed E-state index contributed by atoms with van der Waals surface area (Å²) in [5, 5.41) is 0. The summed E-state index contributed by atoms with van der Waals surface area (Å²) >= 11 is 0. The molecule has 5 nitrogen and oxygen atoms in total. The maximum atomic E-state index is 5.28. The molecule has 1 saturated heterocycles. The van der Waals surface area contributed by atoms with Gasteiger partial charge in [0.25, 0.3) is 0 Å². The number of H-pyrrole nitrogens is 1. The Morgan fingerprint density at radius 2 is 2.05 bits per heavy atom. The topological polar surface area (TPSA) is 44.4 Å². The number of ether oxygens (including phenoxy) is 1. The van der Waals surface area contributed by atoms with Crippen LogP contribution in [0.4, 0.5) is 0 Å². The molecule has 0 radical (unpaired) electrons. The van der Waals surface area contributed by atoms with Crippen LogP contribution >= 0.6 is 0 Å². The maximum absolute atomic E-state index is 5.28. The molecule has 1 aliphatic heterocycles. The third kappa shape index (κ3) is 2.89. The van der Waals surface area contributed by atoms with E-state index < -0.39 is 0 Å². The Labute approximate surface area is 125 Å². The van der Waals surface area contributed by atoms with Crippen LogP contribution in [0.2, 0.25) is 0 Å². The van der Waals surface area contributed by atoms with E-state index >= 15 is 0 Å². The largest absolute Gasteiger partial charge is 0.497 e. The lowest BCUT2D eigenvalue weighted by atomic mass is 10.1. The minimum atomic E-state index is 0.372. The number of nitrogens with zero attached hydrogens (tertiary/aromatic N) is 3. The predicted molar refractivity (Wildman–Crippen MR) is 84.7 cm³/mol. The molecule has 1 aliphatic rings. The number of aromatic nitrogens is 2. The normalized spacial score (nSPS) is 19.0. The van der Waals surface area contributed by atoms with Crippen molar-refractivity contribution >= 4 is 11.0 Å². The van der Waals surface area contributed by atoms with Gasteiger partial charge in [0.1, 0.15) is 11.6 Å². The van der Waals surface area contributed by atoms with Crippen molar-refractivity contribution in [3.05, 3.63) is 24.0 Å². The van der Waals surface area contributed by atoms with Gasteiger partial charge in [-0.3, -0.25) is 4.90 Å².